The largest absolute Gasteiger partial charge is 0.353 e. The van der Waals surface area contributed by atoms with Crippen LogP contribution in [0.15, 0.2) is 0 Å². The minimum Gasteiger partial charge on any atom is -0.353 e. The fourth-order valence-electron chi connectivity index (χ4n) is 3.09. The Morgan fingerprint density at radius 2 is 2.00 bits per heavy atom. The first-order chi connectivity index (χ1) is 9.55. The minimum absolute atomic E-state index is 0.0442. The Labute approximate surface area is 122 Å². The van der Waals surface area contributed by atoms with Crippen LogP contribution in [0, 0.1) is 5.41 Å². The van der Waals surface area contributed by atoms with Gasteiger partial charge >= 0.3 is 0 Å². The van der Waals surface area contributed by atoms with Crippen molar-refractivity contribution in [3.63, 3.8) is 0 Å². The van der Waals surface area contributed by atoms with E-state index in [1.165, 1.54) is 6.42 Å². The number of likely N-dealkylation sites (tertiary alicyclic amines) is 1. The van der Waals surface area contributed by atoms with Crippen molar-refractivity contribution in [1.29, 1.82) is 0 Å². The van der Waals surface area contributed by atoms with Gasteiger partial charge < -0.3 is 10.2 Å². The van der Waals surface area contributed by atoms with Gasteiger partial charge in [0.05, 0.1) is 0 Å². The lowest BCUT2D eigenvalue weighted by Gasteiger charge is -2.37. The third-order valence-corrected chi connectivity index (χ3v) is 4.94. The van der Waals surface area contributed by atoms with Gasteiger partial charge in [-0.3, -0.25) is 9.59 Å². The van der Waals surface area contributed by atoms with E-state index in [1.54, 1.807) is 0 Å². The van der Waals surface area contributed by atoms with Crippen molar-refractivity contribution in [2.75, 3.05) is 6.54 Å². The summed E-state index contributed by atoms with van der Waals surface area (Å²) in [6, 6.07) is 0.487. The van der Waals surface area contributed by atoms with Crippen molar-refractivity contribution in [1.82, 2.24) is 10.2 Å². The molecule has 2 amide bonds. The fraction of sp³-hybridized carbons (Fsp3) is 0.875. The highest BCUT2D eigenvalue weighted by Gasteiger charge is 2.58. The highest BCUT2D eigenvalue weighted by atomic mass is 16.2. The summed E-state index contributed by atoms with van der Waals surface area (Å²) in [5.41, 5.74) is -0.728. The minimum atomic E-state index is -0.728. The molecule has 2 unspecified atom stereocenters. The average Bonchev–Trinajstić information content (AvgIpc) is 3.28. The molecule has 0 radical (unpaired) electrons. The van der Waals surface area contributed by atoms with Crippen molar-refractivity contribution in [3.05, 3.63) is 0 Å². The van der Waals surface area contributed by atoms with Gasteiger partial charge in [-0.15, -0.1) is 0 Å². The second kappa shape index (κ2) is 6.15. The molecule has 1 aliphatic carbocycles. The molecule has 20 heavy (non-hydrogen) atoms. The molecule has 0 aromatic carbocycles. The Morgan fingerprint density at radius 1 is 1.30 bits per heavy atom. The average molecular weight is 280 g/mol. The maximum Gasteiger partial charge on any atom is 0.238 e. The van der Waals surface area contributed by atoms with Crippen molar-refractivity contribution in [2.24, 2.45) is 5.41 Å². The number of nitrogens with zero attached hydrogens (tertiary/aromatic N) is 1. The van der Waals surface area contributed by atoms with Crippen molar-refractivity contribution < 1.29 is 9.59 Å². The third kappa shape index (κ3) is 2.84. The second-order valence-corrected chi connectivity index (χ2v) is 6.42. The summed E-state index contributed by atoms with van der Waals surface area (Å²) in [4.78, 5) is 27.2. The van der Waals surface area contributed by atoms with Crippen LogP contribution in [0.4, 0.5) is 0 Å². The molecule has 2 fully saturated rings. The number of carbonyl (C=O) groups is 2. The number of nitrogens with one attached hydrogen (secondary N) is 1. The predicted octanol–water partition coefficient (Wildman–Crippen LogP) is 2.47. The molecule has 1 aliphatic heterocycles. The lowest BCUT2D eigenvalue weighted by atomic mass is 9.95. The molecule has 4 heteroatoms. The Bertz CT molecular complexity index is 377. The van der Waals surface area contributed by atoms with Gasteiger partial charge in [-0.05, 0) is 51.9 Å². The van der Waals surface area contributed by atoms with Crippen LogP contribution in [-0.2, 0) is 9.59 Å². The zero-order chi connectivity index (χ0) is 14.8. The number of hydrogen-bond donors (Lipinski definition) is 1. The molecular formula is C16H28N2O2. The Kier molecular flexibility index (Phi) is 4.71. The molecule has 1 heterocycles. The van der Waals surface area contributed by atoms with Gasteiger partial charge in [-0.25, -0.2) is 0 Å². The SMILES string of the molecule is CCC(C)NC(=O)C1(C(=O)N2CCCCC2CC)CC1. The molecule has 0 aromatic heterocycles. The normalized spacial score (nSPS) is 25.9. The standard InChI is InChI=1S/C16H28N2O2/c1-4-12(3)17-14(19)16(9-10-16)15(20)18-11-7-6-8-13(18)5-2/h12-13H,4-11H2,1-3H3,(H,17,19). The smallest absolute Gasteiger partial charge is 0.238 e. The molecule has 1 N–H and O–H groups in total. The number of rotatable bonds is 5. The quantitative estimate of drug-likeness (QED) is 0.787. The number of hydrogen-bond acceptors (Lipinski definition) is 2. The molecule has 0 bridgehead atoms. The Balaban J connectivity index is 2.05. The first-order valence-electron chi connectivity index (χ1n) is 8.17. The van der Waals surface area contributed by atoms with E-state index < -0.39 is 5.41 Å². The van der Waals surface area contributed by atoms with E-state index in [9.17, 15) is 9.59 Å². The highest BCUT2D eigenvalue weighted by Crippen LogP contribution is 2.48. The molecule has 2 aliphatic rings. The second-order valence-electron chi connectivity index (χ2n) is 6.42. The van der Waals surface area contributed by atoms with Gasteiger partial charge in [0, 0.05) is 18.6 Å². The summed E-state index contributed by atoms with van der Waals surface area (Å²) >= 11 is 0. The van der Waals surface area contributed by atoms with Crippen molar-refractivity contribution in [3.8, 4) is 0 Å². The molecule has 114 valence electrons. The molecule has 2 rings (SSSR count). The molecule has 1 saturated carbocycles. The van der Waals surface area contributed by atoms with Crippen LogP contribution in [0.3, 0.4) is 0 Å². The highest BCUT2D eigenvalue weighted by molar-refractivity contribution is 6.08. The van der Waals surface area contributed by atoms with E-state index in [0.29, 0.717) is 6.04 Å². The lowest BCUT2D eigenvalue weighted by molar-refractivity contribution is -0.147. The van der Waals surface area contributed by atoms with E-state index in [1.807, 2.05) is 18.7 Å². The van der Waals surface area contributed by atoms with Gasteiger partial charge in [0.25, 0.3) is 0 Å². The van der Waals surface area contributed by atoms with Crippen molar-refractivity contribution in [2.45, 2.75) is 77.8 Å². The van der Waals surface area contributed by atoms with E-state index >= 15 is 0 Å². The molecule has 1 saturated heterocycles. The van der Waals surface area contributed by atoms with E-state index in [4.69, 9.17) is 0 Å². The predicted molar refractivity (Wildman–Crippen MR) is 79.2 cm³/mol. The third-order valence-electron chi connectivity index (χ3n) is 4.94. The maximum absolute atomic E-state index is 12.8. The molecule has 0 spiro atoms. The van der Waals surface area contributed by atoms with Crippen molar-refractivity contribution >= 4 is 11.8 Å². The first kappa shape index (κ1) is 15.3. The topological polar surface area (TPSA) is 49.4 Å². The molecular weight excluding hydrogens is 252 g/mol. The van der Waals surface area contributed by atoms with Crippen LogP contribution in [0.1, 0.15) is 65.7 Å². The zero-order valence-corrected chi connectivity index (χ0v) is 13.1. The van der Waals surface area contributed by atoms with Gasteiger partial charge in [-0.2, -0.15) is 0 Å². The van der Waals surface area contributed by atoms with Crippen LogP contribution >= 0.6 is 0 Å². The van der Waals surface area contributed by atoms with Gasteiger partial charge in [0.15, 0.2) is 0 Å². The van der Waals surface area contributed by atoms with Crippen LogP contribution < -0.4 is 5.32 Å². The number of carbonyl (C=O) groups excluding carboxylic acids is 2. The number of amides is 2. The molecule has 4 nitrogen and oxygen atoms in total. The van der Waals surface area contributed by atoms with Crippen LogP contribution in [0.25, 0.3) is 0 Å². The summed E-state index contributed by atoms with van der Waals surface area (Å²) in [6.45, 7) is 7.00. The van der Waals surface area contributed by atoms with E-state index in [-0.39, 0.29) is 17.9 Å². The monoisotopic (exact) mass is 280 g/mol. The number of piperidine rings is 1. The van der Waals surface area contributed by atoms with Crippen LogP contribution in [-0.4, -0.2) is 35.3 Å². The first-order valence-corrected chi connectivity index (χ1v) is 8.17. The lowest BCUT2D eigenvalue weighted by Crippen LogP contribution is -2.51. The summed E-state index contributed by atoms with van der Waals surface area (Å²) in [5.74, 6) is 0.0436. The summed E-state index contributed by atoms with van der Waals surface area (Å²) in [7, 11) is 0. The van der Waals surface area contributed by atoms with Gasteiger partial charge in [-0.1, -0.05) is 13.8 Å². The van der Waals surface area contributed by atoms with Gasteiger partial charge in [0.2, 0.25) is 11.8 Å². The van der Waals surface area contributed by atoms with Crippen LogP contribution in [0.5, 0.6) is 0 Å². The summed E-state index contributed by atoms with van der Waals surface area (Å²) in [5, 5.41) is 3.00. The van der Waals surface area contributed by atoms with E-state index in [0.717, 1.165) is 45.1 Å². The molecule has 0 aromatic rings. The fourth-order valence-corrected chi connectivity index (χ4v) is 3.09. The Morgan fingerprint density at radius 3 is 2.55 bits per heavy atom. The van der Waals surface area contributed by atoms with E-state index in [2.05, 4.69) is 12.2 Å². The maximum atomic E-state index is 12.8. The van der Waals surface area contributed by atoms with Crippen LogP contribution in [0.2, 0.25) is 0 Å². The Hall–Kier alpha value is -1.06. The van der Waals surface area contributed by atoms with Gasteiger partial charge in [0.1, 0.15) is 5.41 Å². The summed E-state index contributed by atoms with van der Waals surface area (Å²) < 4.78 is 0. The zero-order valence-electron chi connectivity index (χ0n) is 13.1. The molecule has 2 atom stereocenters. The summed E-state index contributed by atoms with van der Waals surface area (Å²) in [6.07, 6.45) is 6.71.